The Kier molecular flexibility index (Phi) is 5.14. The normalized spacial score (nSPS) is 18.9. The lowest BCUT2D eigenvalue weighted by Gasteiger charge is -2.37. The Balaban J connectivity index is 1.85. The minimum atomic E-state index is -0.0925. The molecule has 0 spiro atoms. The Labute approximate surface area is 120 Å². The van der Waals surface area contributed by atoms with Crippen molar-refractivity contribution in [3.05, 3.63) is 18.2 Å². The molecule has 1 aliphatic heterocycles. The van der Waals surface area contributed by atoms with Gasteiger partial charge in [0.1, 0.15) is 0 Å². The van der Waals surface area contributed by atoms with Gasteiger partial charge in [0.15, 0.2) is 5.82 Å². The van der Waals surface area contributed by atoms with E-state index < -0.39 is 0 Å². The summed E-state index contributed by atoms with van der Waals surface area (Å²) in [5.74, 6) is 0.378. The number of aryl methyl sites for hydroxylation is 1. The molecule has 1 saturated heterocycles. The average molecular weight is 279 g/mol. The van der Waals surface area contributed by atoms with Crippen LogP contribution < -0.4 is 5.32 Å². The first-order valence-electron chi connectivity index (χ1n) is 7.30. The summed E-state index contributed by atoms with van der Waals surface area (Å²) in [4.78, 5) is 20.9. The Hall–Kier alpha value is -1.40. The molecule has 2 heterocycles. The van der Waals surface area contributed by atoms with Gasteiger partial charge in [0.2, 0.25) is 0 Å². The van der Waals surface area contributed by atoms with Gasteiger partial charge in [0.25, 0.3) is 5.91 Å². The molecule has 1 N–H and O–H groups in total. The Morgan fingerprint density at radius 3 is 2.60 bits per heavy atom. The highest BCUT2D eigenvalue weighted by Gasteiger charge is 2.22. The zero-order valence-electron chi connectivity index (χ0n) is 12.7. The maximum absolute atomic E-state index is 12.1. The fourth-order valence-corrected chi connectivity index (χ4v) is 2.59. The summed E-state index contributed by atoms with van der Waals surface area (Å²) in [5, 5.41) is 3.01. The molecule has 0 saturated carbocycles. The van der Waals surface area contributed by atoms with Crippen LogP contribution in [-0.4, -0.2) is 71.1 Å². The van der Waals surface area contributed by atoms with E-state index in [0.717, 1.165) is 32.6 Å². The van der Waals surface area contributed by atoms with Crippen LogP contribution in [0.15, 0.2) is 12.4 Å². The molecule has 112 valence electrons. The molecule has 1 fully saturated rings. The minimum absolute atomic E-state index is 0.0925. The van der Waals surface area contributed by atoms with Gasteiger partial charge in [-0.1, -0.05) is 6.92 Å². The summed E-state index contributed by atoms with van der Waals surface area (Å²) in [6, 6.07) is 0.410. The van der Waals surface area contributed by atoms with Crippen molar-refractivity contribution in [3.8, 4) is 0 Å². The van der Waals surface area contributed by atoms with Gasteiger partial charge < -0.3 is 14.8 Å². The van der Waals surface area contributed by atoms with Crippen LogP contribution in [0.2, 0.25) is 0 Å². The highest BCUT2D eigenvalue weighted by molar-refractivity contribution is 5.90. The molecular weight excluding hydrogens is 254 g/mol. The molecule has 1 amide bonds. The number of imidazole rings is 1. The lowest BCUT2D eigenvalue weighted by atomic mass is 10.1. The van der Waals surface area contributed by atoms with Gasteiger partial charge in [-0.05, 0) is 13.5 Å². The predicted molar refractivity (Wildman–Crippen MR) is 78.7 cm³/mol. The molecule has 0 aliphatic carbocycles. The molecule has 0 aromatic carbocycles. The molecule has 1 atom stereocenters. The lowest BCUT2D eigenvalue weighted by molar-refractivity contribution is 0.0870. The number of piperazine rings is 1. The second-order valence-electron chi connectivity index (χ2n) is 5.47. The number of hydrogen-bond acceptors (Lipinski definition) is 4. The number of hydrogen-bond donors (Lipinski definition) is 1. The van der Waals surface area contributed by atoms with E-state index in [0.29, 0.717) is 18.4 Å². The largest absolute Gasteiger partial charge is 0.348 e. The van der Waals surface area contributed by atoms with Gasteiger partial charge in [-0.15, -0.1) is 0 Å². The highest BCUT2D eigenvalue weighted by Crippen LogP contribution is 2.08. The van der Waals surface area contributed by atoms with Crippen LogP contribution in [0.4, 0.5) is 0 Å². The standard InChI is InChI=1S/C14H25N5O/c1-4-12(19-9-7-17(2)8-10-19)11-16-14(20)13-15-5-6-18(13)3/h5-6,12H,4,7-11H2,1-3H3,(H,16,20). The van der Waals surface area contributed by atoms with Crippen LogP contribution in [0, 0.1) is 0 Å². The number of likely N-dealkylation sites (N-methyl/N-ethyl adjacent to an activating group) is 1. The van der Waals surface area contributed by atoms with Gasteiger partial charge in [-0.2, -0.15) is 0 Å². The number of nitrogens with zero attached hydrogens (tertiary/aromatic N) is 4. The number of rotatable bonds is 5. The summed E-state index contributed by atoms with van der Waals surface area (Å²) in [6.07, 6.45) is 4.48. The Morgan fingerprint density at radius 2 is 2.05 bits per heavy atom. The maximum Gasteiger partial charge on any atom is 0.287 e. The van der Waals surface area contributed by atoms with Gasteiger partial charge >= 0.3 is 0 Å². The lowest BCUT2D eigenvalue weighted by Crippen LogP contribution is -2.52. The van der Waals surface area contributed by atoms with E-state index in [1.54, 1.807) is 17.0 Å². The van der Waals surface area contributed by atoms with Crippen molar-refractivity contribution < 1.29 is 4.79 Å². The van der Waals surface area contributed by atoms with Gasteiger partial charge in [0.05, 0.1) is 0 Å². The van der Waals surface area contributed by atoms with Crippen LogP contribution in [0.3, 0.4) is 0 Å². The Bertz CT molecular complexity index is 437. The quantitative estimate of drug-likeness (QED) is 0.835. The van der Waals surface area contributed by atoms with Crippen molar-refractivity contribution in [2.24, 2.45) is 7.05 Å². The first kappa shape index (κ1) is 15.0. The molecule has 0 radical (unpaired) electrons. The molecule has 20 heavy (non-hydrogen) atoms. The van der Waals surface area contributed by atoms with Crippen molar-refractivity contribution in [1.29, 1.82) is 0 Å². The van der Waals surface area contributed by atoms with Crippen LogP contribution in [0.25, 0.3) is 0 Å². The van der Waals surface area contributed by atoms with E-state index in [4.69, 9.17) is 0 Å². The molecule has 1 unspecified atom stereocenters. The van der Waals surface area contributed by atoms with Crippen molar-refractivity contribution in [2.75, 3.05) is 39.8 Å². The smallest absolute Gasteiger partial charge is 0.287 e. The highest BCUT2D eigenvalue weighted by atomic mass is 16.2. The molecule has 1 aromatic heterocycles. The zero-order valence-corrected chi connectivity index (χ0v) is 12.7. The second kappa shape index (κ2) is 6.85. The number of carbonyl (C=O) groups excluding carboxylic acids is 1. The molecule has 0 bridgehead atoms. The summed E-state index contributed by atoms with van der Waals surface area (Å²) in [5.41, 5.74) is 0. The van der Waals surface area contributed by atoms with E-state index in [1.807, 2.05) is 7.05 Å². The van der Waals surface area contributed by atoms with Crippen LogP contribution in [-0.2, 0) is 7.05 Å². The molecule has 6 heteroatoms. The summed E-state index contributed by atoms with van der Waals surface area (Å²) < 4.78 is 1.74. The summed E-state index contributed by atoms with van der Waals surface area (Å²) in [6.45, 7) is 7.22. The SMILES string of the molecule is CCC(CNC(=O)c1nccn1C)N1CCN(C)CC1. The van der Waals surface area contributed by atoms with E-state index >= 15 is 0 Å². The molecule has 1 aliphatic rings. The number of nitrogens with one attached hydrogen (secondary N) is 1. The average Bonchev–Trinajstić information content (AvgIpc) is 2.87. The van der Waals surface area contributed by atoms with E-state index in [-0.39, 0.29) is 5.91 Å². The number of aromatic nitrogens is 2. The van der Waals surface area contributed by atoms with Gasteiger partial charge in [-0.25, -0.2) is 4.98 Å². The van der Waals surface area contributed by atoms with Gasteiger partial charge in [0, 0.05) is 58.2 Å². The van der Waals surface area contributed by atoms with Gasteiger partial charge in [-0.3, -0.25) is 9.69 Å². The maximum atomic E-state index is 12.1. The molecule has 2 rings (SSSR count). The minimum Gasteiger partial charge on any atom is -0.348 e. The number of carbonyl (C=O) groups is 1. The zero-order chi connectivity index (χ0) is 14.5. The molecular formula is C14H25N5O. The topological polar surface area (TPSA) is 53.4 Å². The fraction of sp³-hybridized carbons (Fsp3) is 0.714. The third-order valence-corrected chi connectivity index (χ3v) is 4.05. The predicted octanol–water partition coefficient (Wildman–Crippen LogP) is 0.176. The van der Waals surface area contributed by atoms with Crippen molar-refractivity contribution in [2.45, 2.75) is 19.4 Å². The van der Waals surface area contributed by atoms with E-state index in [1.165, 1.54) is 0 Å². The van der Waals surface area contributed by atoms with Crippen molar-refractivity contribution >= 4 is 5.91 Å². The molecule has 6 nitrogen and oxygen atoms in total. The third kappa shape index (κ3) is 3.58. The molecule has 1 aromatic rings. The first-order chi connectivity index (χ1) is 9.61. The summed E-state index contributed by atoms with van der Waals surface area (Å²) >= 11 is 0. The van der Waals surface area contributed by atoms with Crippen molar-refractivity contribution in [3.63, 3.8) is 0 Å². The fourth-order valence-electron chi connectivity index (χ4n) is 2.59. The van der Waals surface area contributed by atoms with Crippen molar-refractivity contribution in [1.82, 2.24) is 24.7 Å². The first-order valence-corrected chi connectivity index (χ1v) is 7.30. The summed E-state index contributed by atoms with van der Waals surface area (Å²) in [7, 11) is 3.99. The van der Waals surface area contributed by atoms with E-state index in [2.05, 4.69) is 34.1 Å². The number of amides is 1. The van der Waals surface area contributed by atoms with Crippen LogP contribution in [0.5, 0.6) is 0 Å². The monoisotopic (exact) mass is 279 g/mol. The third-order valence-electron chi connectivity index (χ3n) is 4.05. The van der Waals surface area contributed by atoms with E-state index in [9.17, 15) is 4.79 Å². The van der Waals surface area contributed by atoms with Crippen LogP contribution >= 0.6 is 0 Å². The Morgan fingerprint density at radius 1 is 1.35 bits per heavy atom. The van der Waals surface area contributed by atoms with Crippen LogP contribution in [0.1, 0.15) is 24.0 Å². The second-order valence-corrected chi connectivity index (χ2v) is 5.47.